The van der Waals surface area contributed by atoms with Crippen molar-refractivity contribution in [2.75, 3.05) is 19.3 Å². The lowest BCUT2D eigenvalue weighted by atomic mass is 9.75. The summed E-state index contributed by atoms with van der Waals surface area (Å²) in [6.07, 6.45) is 2.88. The van der Waals surface area contributed by atoms with Gasteiger partial charge in [-0.05, 0) is 56.1 Å². The quantitative estimate of drug-likeness (QED) is 0.612. The van der Waals surface area contributed by atoms with E-state index in [0.29, 0.717) is 18.4 Å². The average Bonchev–Trinajstić information content (AvgIpc) is 2.66. The summed E-state index contributed by atoms with van der Waals surface area (Å²) in [6, 6.07) is 11.5. The van der Waals surface area contributed by atoms with E-state index in [-0.39, 0.29) is 17.4 Å². The SMILES string of the molecule is CS(O)(Oc1ccc2c(c1)OC1(CCNCC1)CC2c1cccc(O)c1)C(F)(F)F. The summed E-state index contributed by atoms with van der Waals surface area (Å²) in [6.45, 7) is 1.57. The van der Waals surface area contributed by atoms with Gasteiger partial charge in [0.1, 0.15) is 17.1 Å². The van der Waals surface area contributed by atoms with Crippen LogP contribution in [0.4, 0.5) is 13.2 Å². The minimum atomic E-state index is -4.86. The van der Waals surface area contributed by atoms with Gasteiger partial charge in [0.05, 0.1) is 0 Å². The molecule has 164 valence electrons. The van der Waals surface area contributed by atoms with Crippen molar-refractivity contribution in [3.63, 3.8) is 0 Å². The molecule has 1 fully saturated rings. The smallest absolute Gasteiger partial charge is 0.504 e. The predicted octanol–water partition coefficient (Wildman–Crippen LogP) is 5.15. The normalized spacial score (nSPS) is 23.7. The van der Waals surface area contributed by atoms with E-state index in [9.17, 15) is 22.8 Å². The van der Waals surface area contributed by atoms with Crippen LogP contribution in [0, 0.1) is 0 Å². The van der Waals surface area contributed by atoms with Gasteiger partial charge in [0.25, 0.3) is 0 Å². The third-order valence-electron chi connectivity index (χ3n) is 5.74. The molecule has 0 bridgehead atoms. The molecule has 2 unspecified atom stereocenters. The Balaban J connectivity index is 1.73. The molecular weight excluding hydrogens is 419 g/mol. The van der Waals surface area contributed by atoms with Gasteiger partial charge < -0.3 is 19.3 Å². The number of nitrogens with one attached hydrogen (secondary N) is 1. The van der Waals surface area contributed by atoms with Gasteiger partial charge >= 0.3 is 5.51 Å². The number of hydrogen-bond acceptors (Lipinski definition) is 5. The number of hydrogen-bond donors (Lipinski definition) is 3. The lowest BCUT2D eigenvalue weighted by molar-refractivity contribution is -0.0507. The van der Waals surface area contributed by atoms with Crippen molar-refractivity contribution in [2.24, 2.45) is 0 Å². The van der Waals surface area contributed by atoms with Gasteiger partial charge in [-0.3, -0.25) is 4.55 Å². The molecule has 0 radical (unpaired) electrons. The van der Waals surface area contributed by atoms with Crippen LogP contribution in [-0.2, 0) is 0 Å². The van der Waals surface area contributed by atoms with Crippen LogP contribution in [0.2, 0.25) is 0 Å². The number of piperidine rings is 1. The number of aromatic hydroxyl groups is 1. The Morgan fingerprint density at radius 1 is 1.17 bits per heavy atom. The molecule has 2 aliphatic rings. The summed E-state index contributed by atoms with van der Waals surface area (Å²) in [7, 11) is -4.28. The fourth-order valence-corrected chi connectivity index (χ4v) is 4.73. The minimum Gasteiger partial charge on any atom is -0.508 e. The summed E-state index contributed by atoms with van der Waals surface area (Å²) in [5.41, 5.74) is -3.57. The van der Waals surface area contributed by atoms with Crippen molar-refractivity contribution >= 4 is 10.6 Å². The third-order valence-corrected chi connectivity index (χ3v) is 7.11. The van der Waals surface area contributed by atoms with Gasteiger partial charge in [0, 0.05) is 23.8 Å². The molecule has 0 aliphatic carbocycles. The van der Waals surface area contributed by atoms with Crippen LogP contribution in [0.1, 0.15) is 36.3 Å². The second-order valence-corrected chi connectivity index (χ2v) is 10.2. The van der Waals surface area contributed by atoms with Crippen molar-refractivity contribution in [1.29, 1.82) is 0 Å². The summed E-state index contributed by atoms with van der Waals surface area (Å²) < 4.78 is 60.3. The molecule has 2 atom stereocenters. The lowest BCUT2D eigenvalue weighted by Gasteiger charge is -2.45. The van der Waals surface area contributed by atoms with Crippen molar-refractivity contribution in [3.8, 4) is 17.2 Å². The highest BCUT2D eigenvalue weighted by molar-refractivity contribution is 8.25. The number of fused-ring (bicyclic) bond motifs is 1. The van der Waals surface area contributed by atoms with E-state index in [2.05, 4.69) is 5.32 Å². The molecule has 1 saturated heterocycles. The van der Waals surface area contributed by atoms with E-state index < -0.39 is 21.7 Å². The second kappa shape index (κ2) is 7.55. The number of rotatable bonds is 3. The molecule has 3 N–H and O–H groups in total. The Kier molecular flexibility index (Phi) is 5.32. The summed E-state index contributed by atoms with van der Waals surface area (Å²) in [5.74, 6) is 0.436. The highest BCUT2D eigenvalue weighted by Crippen LogP contribution is 2.57. The van der Waals surface area contributed by atoms with Gasteiger partial charge in [-0.2, -0.15) is 13.2 Å². The standard InChI is InChI=1S/C21H24F3NO4S/c1-30(27,21(22,23)24)29-16-5-6-17-18(14-3-2-4-15(26)11-14)13-20(28-19(17)12-16)7-9-25-10-8-20/h2-6,11-12,18,25-27H,7-10,13H2,1H3. The zero-order chi connectivity index (χ0) is 21.6. The van der Waals surface area contributed by atoms with Crippen LogP contribution in [0.5, 0.6) is 17.2 Å². The van der Waals surface area contributed by atoms with Gasteiger partial charge in [-0.15, -0.1) is 0 Å². The number of halogens is 3. The van der Waals surface area contributed by atoms with Gasteiger partial charge in [-0.25, -0.2) is 0 Å². The second-order valence-electron chi connectivity index (χ2n) is 7.92. The zero-order valence-electron chi connectivity index (χ0n) is 16.4. The highest BCUT2D eigenvalue weighted by atomic mass is 32.3. The first-order valence-corrected chi connectivity index (χ1v) is 11.6. The van der Waals surface area contributed by atoms with E-state index in [4.69, 9.17) is 8.92 Å². The van der Waals surface area contributed by atoms with E-state index >= 15 is 0 Å². The van der Waals surface area contributed by atoms with Crippen molar-refractivity contribution in [2.45, 2.75) is 36.3 Å². The van der Waals surface area contributed by atoms with Gasteiger partial charge in [0.2, 0.25) is 0 Å². The molecule has 0 saturated carbocycles. The molecule has 2 aromatic rings. The zero-order valence-corrected chi connectivity index (χ0v) is 17.2. The topological polar surface area (TPSA) is 71.0 Å². The first-order chi connectivity index (χ1) is 14.1. The van der Waals surface area contributed by atoms with Crippen LogP contribution >= 0.6 is 10.6 Å². The molecule has 4 rings (SSSR count). The summed E-state index contributed by atoms with van der Waals surface area (Å²) in [5, 5.41) is 13.3. The Bertz CT molecular complexity index is 929. The van der Waals surface area contributed by atoms with Crippen molar-refractivity contribution in [3.05, 3.63) is 53.6 Å². The maximum absolute atomic E-state index is 13.1. The molecule has 2 aromatic carbocycles. The monoisotopic (exact) mass is 443 g/mol. The lowest BCUT2D eigenvalue weighted by Crippen LogP contribution is -2.49. The largest absolute Gasteiger partial charge is 0.508 e. The van der Waals surface area contributed by atoms with Crippen LogP contribution in [0.3, 0.4) is 0 Å². The number of alkyl halides is 3. The first-order valence-electron chi connectivity index (χ1n) is 9.68. The fourth-order valence-electron chi connectivity index (χ4n) is 4.16. The van der Waals surface area contributed by atoms with Crippen LogP contribution in [-0.4, -0.2) is 40.1 Å². The van der Waals surface area contributed by atoms with E-state index in [0.717, 1.165) is 37.1 Å². The maximum Gasteiger partial charge on any atom is 0.504 e. The molecule has 30 heavy (non-hydrogen) atoms. The number of phenolic OH excluding ortho intramolecular Hbond substituents is 1. The first kappa shape index (κ1) is 21.1. The van der Waals surface area contributed by atoms with E-state index in [1.54, 1.807) is 24.3 Å². The Morgan fingerprint density at radius 2 is 1.90 bits per heavy atom. The average molecular weight is 443 g/mol. The molecule has 2 heterocycles. The molecule has 1 spiro atoms. The van der Waals surface area contributed by atoms with Gasteiger partial charge in [0.15, 0.2) is 5.75 Å². The van der Waals surface area contributed by atoms with Crippen molar-refractivity contribution in [1.82, 2.24) is 5.32 Å². The van der Waals surface area contributed by atoms with Crippen LogP contribution in [0.25, 0.3) is 0 Å². The summed E-state index contributed by atoms with van der Waals surface area (Å²) in [4.78, 5) is 0. The fraction of sp³-hybridized carbons (Fsp3) is 0.429. The van der Waals surface area contributed by atoms with E-state index in [1.807, 2.05) is 6.07 Å². The molecule has 0 aromatic heterocycles. The third kappa shape index (κ3) is 4.06. The summed E-state index contributed by atoms with van der Waals surface area (Å²) >= 11 is 0. The molecule has 2 aliphatic heterocycles. The maximum atomic E-state index is 13.1. The van der Waals surface area contributed by atoms with Gasteiger partial charge in [-0.1, -0.05) is 28.8 Å². The van der Waals surface area contributed by atoms with Crippen molar-refractivity contribution < 1.29 is 31.8 Å². The molecule has 0 amide bonds. The molecule has 9 heteroatoms. The Labute approximate surface area is 174 Å². The molecule has 5 nitrogen and oxygen atoms in total. The highest BCUT2D eigenvalue weighted by Gasteiger charge is 2.46. The number of benzene rings is 2. The Morgan fingerprint density at radius 3 is 2.57 bits per heavy atom. The predicted molar refractivity (Wildman–Crippen MR) is 109 cm³/mol. The Hall–Kier alpha value is -2.10. The number of phenols is 1. The number of ether oxygens (including phenoxy) is 1. The minimum absolute atomic E-state index is 0.0801. The molecular formula is C21H24F3NO4S. The van der Waals surface area contributed by atoms with E-state index in [1.165, 1.54) is 12.1 Å². The van der Waals surface area contributed by atoms with Crippen LogP contribution < -0.4 is 14.2 Å². The van der Waals surface area contributed by atoms with Crippen LogP contribution in [0.15, 0.2) is 42.5 Å².